The molecule has 1 atom stereocenters. The van der Waals surface area contributed by atoms with Crippen LogP contribution in [0.2, 0.25) is 0 Å². The van der Waals surface area contributed by atoms with Crippen molar-refractivity contribution in [2.24, 2.45) is 11.7 Å². The van der Waals surface area contributed by atoms with Crippen LogP contribution in [0.3, 0.4) is 0 Å². The second kappa shape index (κ2) is 4.40. The molecule has 0 aliphatic heterocycles. The first kappa shape index (κ1) is 10.7. The van der Waals surface area contributed by atoms with Crippen molar-refractivity contribution in [1.82, 2.24) is 25.6 Å². The second-order valence-corrected chi connectivity index (χ2v) is 4.05. The summed E-state index contributed by atoms with van der Waals surface area (Å²) in [6, 6.07) is -0.229. The molecule has 7 heteroatoms. The van der Waals surface area contributed by atoms with Gasteiger partial charge in [0.15, 0.2) is 5.69 Å². The molecule has 0 aliphatic carbocycles. The summed E-state index contributed by atoms with van der Waals surface area (Å²) in [7, 11) is 0. The number of hydrogen-bond donors (Lipinski definition) is 2. The van der Waals surface area contributed by atoms with E-state index in [0.29, 0.717) is 23.3 Å². The SMILES string of the molecule is CC(C)C[C@@H](N)c1nc(-c2cn[nH]n2)no1. The zero-order chi connectivity index (χ0) is 11.5. The summed E-state index contributed by atoms with van der Waals surface area (Å²) >= 11 is 0. The average Bonchev–Trinajstić information content (AvgIpc) is 2.87. The Balaban J connectivity index is 2.13. The highest BCUT2D eigenvalue weighted by Crippen LogP contribution is 2.19. The van der Waals surface area contributed by atoms with Gasteiger partial charge in [-0.25, -0.2) is 0 Å². The number of rotatable bonds is 4. The van der Waals surface area contributed by atoms with Gasteiger partial charge in [0.25, 0.3) is 0 Å². The van der Waals surface area contributed by atoms with Crippen LogP contribution in [0.1, 0.15) is 32.2 Å². The van der Waals surface area contributed by atoms with Crippen molar-refractivity contribution in [3.8, 4) is 11.5 Å². The normalized spacial score (nSPS) is 13.2. The van der Waals surface area contributed by atoms with Crippen LogP contribution < -0.4 is 5.73 Å². The maximum absolute atomic E-state index is 5.92. The van der Waals surface area contributed by atoms with Crippen LogP contribution in [-0.2, 0) is 0 Å². The summed E-state index contributed by atoms with van der Waals surface area (Å²) < 4.78 is 5.08. The smallest absolute Gasteiger partial charge is 0.243 e. The molecule has 0 spiro atoms. The monoisotopic (exact) mass is 222 g/mol. The minimum Gasteiger partial charge on any atom is -0.337 e. The minimum atomic E-state index is -0.229. The van der Waals surface area contributed by atoms with E-state index in [0.717, 1.165) is 6.42 Å². The van der Waals surface area contributed by atoms with Gasteiger partial charge >= 0.3 is 0 Å². The van der Waals surface area contributed by atoms with E-state index in [2.05, 4.69) is 39.4 Å². The number of nitrogens with two attached hydrogens (primary N) is 1. The molecule has 2 aromatic heterocycles. The van der Waals surface area contributed by atoms with E-state index in [-0.39, 0.29) is 6.04 Å². The quantitative estimate of drug-likeness (QED) is 0.795. The van der Waals surface area contributed by atoms with E-state index < -0.39 is 0 Å². The van der Waals surface area contributed by atoms with Crippen molar-refractivity contribution in [3.05, 3.63) is 12.1 Å². The standard InChI is InChI=1S/C9H14N6O/c1-5(2)3-6(10)9-12-8(14-16-9)7-4-11-15-13-7/h4-6H,3,10H2,1-2H3,(H,11,13,15)/t6-/m1/s1. The average molecular weight is 222 g/mol. The van der Waals surface area contributed by atoms with Crippen molar-refractivity contribution in [3.63, 3.8) is 0 Å². The van der Waals surface area contributed by atoms with Crippen molar-refractivity contribution >= 4 is 0 Å². The molecule has 0 unspecified atom stereocenters. The highest BCUT2D eigenvalue weighted by molar-refractivity contribution is 5.44. The van der Waals surface area contributed by atoms with Gasteiger partial charge in [-0.15, -0.1) is 0 Å². The van der Waals surface area contributed by atoms with Crippen LogP contribution in [0.5, 0.6) is 0 Å². The summed E-state index contributed by atoms with van der Waals surface area (Å²) in [5.74, 6) is 1.33. The van der Waals surface area contributed by atoms with Gasteiger partial charge in [-0.2, -0.15) is 20.4 Å². The van der Waals surface area contributed by atoms with Gasteiger partial charge in [0.05, 0.1) is 12.2 Å². The zero-order valence-electron chi connectivity index (χ0n) is 9.21. The Morgan fingerprint density at radius 2 is 2.31 bits per heavy atom. The van der Waals surface area contributed by atoms with Crippen LogP contribution in [0, 0.1) is 5.92 Å². The number of aromatic nitrogens is 5. The minimum absolute atomic E-state index is 0.229. The highest BCUT2D eigenvalue weighted by atomic mass is 16.5. The molecule has 86 valence electrons. The molecule has 7 nitrogen and oxygen atoms in total. The lowest BCUT2D eigenvalue weighted by atomic mass is 10.0. The summed E-state index contributed by atoms with van der Waals surface area (Å²) in [6.07, 6.45) is 2.34. The molecule has 0 fully saturated rings. The molecule has 0 radical (unpaired) electrons. The number of aromatic amines is 1. The summed E-state index contributed by atoms with van der Waals surface area (Å²) in [5, 5.41) is 13.8. The van der Waals surface area contributed by atoms with E-state index in [4.69, 9.17) is 10.3 Å². The third kappa shape index (κ3) is 2.25. The fourth-order valence-electron chi connectivity index (χ4n) is 1.41. The van der Waals surface area contributed by atoms with Crippen LogP contribution in [0.4, 0.5) is 0 Å². The molecule has 2 rings (SSSR count). The van der Waals surface area contributed by atoms with Gasteiger partial charge in [0, 0.05) is 0 Å². The maximum atomic E-state index is 5.92. The van der Waals surface area contributed by atoms with E-state index in [1.165, 1.54) is 6.20 Å². The van der Waals surface area contributed by atoms with Crippen LogP contribution in [0.15, 0.2) is 10.7 Å². The first-order valence-corrected chi connectivity index (χ1v) is 5.12. The highest BCUT2D eigenvalue weighted by Gasteiger charge is 2.17. The van der Waals surface area contributed by atoms with Crippen molar-refractivity contribution in [1.29, 1.82) is 0 Å². The van der Waals surface area contributed by atoms with Gasteiger partial charge in [0.1, 0.15) is 0 Å². The molecule has 2 aromatic rings. The molecule has 3 N–H and O–H groups in total. The van der Waals surface area contributed by atoms with Crippen LogP contribution in [-0.4, -0.2) is 25.6 Å². The first-order valence-electron chi connectivity index (χ1n) is 5.12. The van der Waals surface area contributed by atoms with Crippen LogP contribution in [0.25, 0.3) is 11.5 Å². The molecule has 0 bridgehead atoms. The van der Waals surface area contributed by atoms with Gasteiger partial charge in [-0.3, -0.25) is 0 Å². The Morgan fingerprint density at radius 1 is 1.50 bits per heavy atom. The van der Waals surface area contributed by atoms with Crippen molar-refractivity contribution < 1.29 is 4.52 Å². The third-order valence-corrected chi connectivity index (χ3v) is 2.13. The van der Waals surface area contributed by atoms with E-state index >= 15 is 0 Å². The molecular weight excluding hydrogens is 208 g/mol. The van der Waals surface area contributed by atoms with E-state index in [1.807, 2.05) is 0 Å². The van der Waals surface area contributed by atoms with Crippen molar-refractivity contribution in [2.45, 2.75) is 26.3 Å². The molecule has 0 saturated carbocycles. The Hall–Kier alpha value is -1.76. The lowest BCUT2D eigenvalue weighted by Crippen LogP contribution is -2.13. The predicted octanol–water partition coefficient (Wildman–Crippen LogP) is 0.901. The summed E-state index contributed by atoms with van der Waals surface area (Å²) in [6.45, 7) is 4.18. The van der Waals surface area contributed by atoms with E-state index in [1.54, 1.807) is 0 Å². The number of hydrogen-bond acceptors (Lipinski definition) is 6. The summed E-state index contributed by atoms with van der Waals surface area (Å²) in [4.78, 5) is 4.18. The van der Waals surface area contributed by atoms with Gasteiger partial charge in [-0.1, -0.05) is 19.0 Å². The Kier molecular flexibility index (Phi) is 2.95. The molecular formula is C9H14N6O. The summed E-state index contributed by atoms with van der Waals surface area (Å²) in [5.41, 5.74) is 6.47. The maximum Gasteiger partial charge on any atom is 0.243 e. The molecule has 16 heavy (non-hydrogen) atoms. The Labute approximate surface area is 92.4 Å². The molecule has 0 amide bonds. The molecule has 0 saturated heterocycles. The number of H-pyrrole nitrogens is 1. The fourth-order valence-corrected chi connectivity index (χ4v) is 1.41. The van der Waals surface area contributed by atoms with E-state index in [9.17, 15) is 0 Å². The van der Waals surface area contributed by atoms with Gasteiger partial charge in [-0.05, 0) is 12.3 Å². The zero-order valence-corrected chi connectivity index (χ0v) is 9.21. The number of nitrogens with zero attached hydrogens (tertiary/aromatic N) is 4. The fraction of sp³-hybridized carbons (Fsp3) is 0.556. The Morgan fingerprint density at radius 3 is 2.94 bits per heavy atom. The lowest BCUT2D eigenvalue weighted by Gasteiger charge is -2.08. The van der Waals surface area contributed by atoms with Crippen LogP contribution >= 0.6 is 0 Å². The van der Waals surface area contributed by atoms with Gasteiger partial charge in [0.2, 0.25) is 11.7 Å². The first-order chi connectivity index (χ1) is 7.66. The number of nitrogens with one attached hydrogen (secondary N) is 1. The van der Waals surface area contributed by atoms with Gasteiger partial charge < -0.3 is 10.3 Å². The Bertz CT molecular complexity index is 435. The predicted molar refractivity (Wildman–Crippen MR) is 56.1 cm³/mol. The largest absolute Gasteiger partial charge is 0.337 e. The second-order valence-electron chi connectivity index (χ2n) is 4.05. The topological polar surface area (TPSA) is 107 Å². The lowest BCUT2D eigenvalue weighted by molar-refractivity contribution is 0.335. The molecule has 0 aromatic carbocycles. The van der Waals surface area contributed by atoms with Crippen molar-refractivity contribution in [2.75, 3.05) is 0 Å². The molecule has 2 heterocycles. The molecule has 0 aliphatic rings. The third-order valence-electron chi connectivity index (χ3n) is 2.13.